The Morgan fingerprint density at radius 2 is 2.00 bits per heavy atom. The Morgan fingerprint density at radius 1 is 1.83 bits per heavy atom. The van der Waals surface area contributed by atoms with Gasteiger partial charge in [-0.15, -0.1) is 6.58 Å². The molecule has 0 saturated heterocycles. The van der Waals surface area contributed by atoms with Gasteiger partial charge in [0.05, 0.1) is 0 Å². The number of hydrogen-bond donors (Lipinski definition) is 1. The Kier molecular flexibility index (Phi) is 33.0. The lowest BCUT2D eigenvalue weighted by atomic mass is 10.7. The summed E-state index contributed by atoms with van der Waals surface area (Å²) in [6.07, 6.45) is 1.65. The molecule has 36 valence electrons. The monoisotopic (exact) mass is 105 g/mol. The summed E-state index contributed by atoms with van der Waals surface area (Å²) >= 11 is 0. The average Bonchev–Trinajstić information content (AvgIpc) is 1.72. The molecule has 3 heteroatoms. The highest BCUT2D eigenvalue weighted by Gasteiger charge is 1.43. The Morgan fingerprint density at radius 3 is 2.00 bits per heavy atom. The highest BCUT2D eigenvalue weighted by molar-refractivity contribution is 7.00. The highest BCUT2D eigenvalue weighted by atomic mass is 31.0. The van der Waals surface area contributed by atoms with E-state index in [0.29, 0.717) is 6.54 Å². The molecule has 0 fully saturated rings. The minimum atomic E-state index is 0.583. The van der Waals surface area contributed by atoms with Gasteiger partial charge in [0.25, 0.3) is 0 Å². The van der Waals surface area contributed by atoms with Crippen molar-refractivity contribution in [2.75, 3.05) is 6.54 Å². The van der Waals surface area contributed by atoms with Gasteiger partial charge in [-0.2, -0.15) is 0 Å². The van der Waals surface area contributed by atoms with Crippen LogP contribution >= 0.6 is 9.12 Å². The van der Waals surface area contributed by atoms with Crippen LogP contribution in [-0.2, 0) is 4.57 Å². The maximum absolute atomic E-state index is 8.06. The first-order valence-electron chi connectivity index (χ1n) is 1.43. The number of nitrogens with two attached hydrogens (primary N) is 1. The quantitative estimate of drug-likeness (QED) is 0.392. The fourth-order valence-corrected chi connectivity index (χ4v) is 0. The van der Waals surface area contributed by atoms with Gasteiger partial charge in [-0.05, 0) is 0 Å². The summed E-state index contributed by atoms with van der Waals surface area (Å²) < 4.78 is 8.06. The Labute approximate surface area is 39.7 Å². The van der Waals surface area contributed by atoms with Gasteiger partial charge in [-0.25, -0.2) is 0 Å². The molecule has 2 nitrogen and oxygen atoms in total. The zero-order valence-electron chi connectivity index (χ0n) is 3.48. The third-order valence-electron chi connectivity index (χ3n) is 0.167. The summed E-state index contributed by atoms with van der Waals surface area (Å²) in [5.74, 6) is 0. The average molecular weight is 105 g/mol. The van der Waals surface area contributed by atoms with Crippen LogP contribution in [-0.4, -0.2) is 6.54 Å². The second-order valence-electron chi connectivity index (χ2n) is 0.524. The molecule has 0 heterocycles. The molecule has 0 saturated carbocycles. The van der Waals surface area contributed by atoms with E-state index < -0.39 is 0 Å². The van der Waals surface area contributed by atoms with Gasteiger partial charge in [0.15, 0.2) is 0 Å². The van der Waals surface area contributed by atoms with E-state index in [1.807, 2.05) is 0 Å². The molecule has 0 atom stereocenters. The molecule has 0 aromatic rings. The standard InChI is InChI=1S/C3H7N.HOP/c1-2-3-4;1-2/h2H,1,3-4H2;2H. The van der Waals surface area contributed by atoms with Crippen molar-refractivity contribution in [3.8, 4) is 0 Å². The Balaban J connectivity index is 0. The van der Waals surface area contributed by atoms with Crippen molar-refractivity contribution in [2.45, 2.75) is 0 Å². The zero-order chi connectivity index (χ0) is 5.41. The van der Waals surface area contributed by atoms with E-state index in [2.05, 4.69) is 6.58 Å². The summed E-state index contributed by atoms with van der Waals surface area (Å²) in [7, 11) is 1.72. The van der Waals surface area contributed by atoms with Gasteiger partial charge in [-0.1, -0.05) is 6.08 Å². The van der Waals surface area contributed by atoms with Gasteiger partial charge in [0.1, 0.15) is 9.12 Å². The molecule has 0 amide bonds. The lowest BCUT2D eigenvalue weighted by molar-refractivity contribution is 0.607. The number of hydrogen-bond acceptors (Lipinski definition) is 2. The summed E-state index contributed by atoms with van der Waals surface area (Å²) in [5.41, 5.74) is 4.91. The molecule has 0 aliphatic carbocycles. The van der Waals surface area contributed by atoms with Crippen LogP contribution in [0, 0.1) is 0 Å². The summed E-state index contributed by atoms with van der Waals surface area (Å²) in [4.78, 5) is 0. The van der Waals surface area contributed by atoms with Crippen molar-refractivity contribution in [3.63, 3.8) is 0 Å². The first-order valence-corrected chi connectivity index (χ1v) is 1.84. The van der Waals surface area contributed by atoms with Crippen LogP contribution in [0.2, 0.25) is 0 Å². The van der Waals surface area contributed by atoms with Gasteiger partial charge in [0, 0.05) is 6.54 Å². The minimum Gasteiger partial charge on any atom is -0.327 e. The van der Waals surface area contributed by atoms with E-state index in [9.17, 15) is 0 Å². The van der Waals surface area contributed by atoms with E-state index in [1.165, 1.54) is 0 Å². The van der Waals surface area contributed by atoms with Crippen molar-refractivity contribution in [2.24, 2.45) is 5.73 Å². The second-order valence-corrected chi connectivity index (χ2v) is 0.524. The summed E-state index contributed by atoms with van der Waals surface area (Å²) in [5, 5.41) is 0. The van der Waals surface area contributed by atoms with E-state index >= 15 is 0 Å². The molecular formula is C3H8NOP. The van der Waals surface area contributed by atoms with E-state index in [-0.39, 0.29) is 0 Å². The fraction of sp³-hybridized carbons (Fsp3) is 0.333. The molecular weight excluding hydrogens is 97.0 g/mol. The Hall–Kier alpha value is -0.200. The van der Waals surface area contributed by atoms with E-state index in [1.54, 1.807) is 15.2 Å². The van der Waals surface area contributed by atoms with Gasteiger partial charge >= 0.3 is 0 Å². The van der Waals surface area contributed by atoms with Gasteiger partial charge in [-0.3, -0.25) is 4.57 Å². The van der Waals surface area contributed by atoms with Crippen molar-refractivity contribution >= 4 is 9.12 Å². The van der Waals surface area contributed by atoms with Crippen molar-refractivity contribution in [1.82, 2.24) is 0 Å². The summed E-state index contributed by atoms with van der Waals surface area (Å²) in [6.45, 7) is 3.94. The fourth-order valence-electron chi connectivity index (χ4n) is 0. The van der Waals surface area contributed by atoms with Gasteiger partial charge in [0.2, 0.25) is 0 Å². The molecule has 0 aromatic heterocycles. The largest absolute Gasteiger partial charge is 0.327 e. The first-order chi connectivity index (χ1) is 2.91. The molecule has 6 heavy (non-hydrogen) atoms. The first kappa shape index (κ1) is 9.25. The lowest BCUT2D eigenvalue weighted by Gasteiger charge is -1.61. The van der Waals surface area contributed by atoms with Crippen LogP contribution in [0.1, 0.15) is 0 Å². The Bertz CT molecular complexity index is 32.0. The van der Waals surface area contributed by atoms with Crippen LogP contribution in [0.5, 0.6) is 0 Å². The third kappa shape index (κ3) is 46.5. The normalized spacial score (nSPS) is 4.83. The molecule has 0 unspecified atom stereocenters. The smallest absolute Gasteiger partial charge is 0.138 e. The molecule has 0 rings (SSSR count). The van der Waals surface area contributed by atoms with Crippen LogP contribution in [0.4, 0.5) is 0 Å². The molecule has 2 N–H and O–H groups in total. The van der Waals surface area contributed by atoms with Crippen molar-refractivity contribution in [1.29, 1.82) is 0 Å². The van der Waals surface area contributed by atoms with E-state index in [0.717, 1.165) is 0 Å². The van der Waals surface area contributed by atoms with Crippen LogP contribution in [0.15, 0.2) is 12.7 Å². The maximum atomic E-state index is 8.06. The van der Waals surface area contributed by atoms with Gasteiger partial charge < -0.3 is 5.73 Å². The molecule has 0 aliphatic rings. The molecule has 0 aliphatic heterocycles. The van der Waals surface area contributed by atoms with Crippen LogP contribution in [0.25, 0.3) is 0 Å². The zero-order valence-corrected chi connectivity index (χ0v) is 4.48. The van der Waals surface area contributed by atoms with Crippen molar-refractivity contribution in [3.05, 3.63) is 12.7 Å². The topological polar surface area (TPSA) is 43.1 Å². The molecule has 0 spiro atoms. The van der Waals surface area contributed by atoms with E-state index in [4.69, 9.17) is 10.3 Å². The maximum Gasteiger partial charge on any atom is 0.138 e. The third-order valence-corrected chi connectivity index (χ3v) is 0.167. The van der Waals surface area contributed by atoms with Crippen LogP contribution < -0.4 is 5.73 Å². The number of rotatable bonds is 1. The SMILES string of the molecule is C=CCN.O=P. The van der Waals surface area contributed by atoms with Crippen molar-refractivity contribution < 1.29 is 4.57 Å². The molecule has 0 bridgehead atoms. The predicted molar refractivity (Wildman–Crippen MR) is 28.3 cm³/mol. The van der Waals surface area contributed by atoms with Crippen LogP contribution in [0.3, 0.4) is 0 Å². The minimum absolute atomic E-state index is 0.583. The molecule has 0 radical (unpaired) electrons. The molecule has 0 aromatic carbocycles. The highest BCUT2D eigenvalue weighted by Crippen LogP contribution is 1.40. The second kappa shape index (κ2) is 21.4. The summed E-state index contributed by atoms with van der Waals surface area (Å²) in [6, 6.07) is 0. The lowest BCUT2D eigenvalue weighted by Crippen LogP contribution is -1.90. The predicted octanol–water partition coefficient (Wildman–Crippen LogP) is 0.606.